The fraction of sp³-hybridized carbons (Fsp3) is 0.280. The standard InChI is InChI=1S/C25H25F2NO2/c1-30-24(16-2-7-19(26)8-3-16)13-6-18-15-28-23-12-9-20(27)14-22(23)25(18)17-4-10-21(29)11-5-17/h2-5,7-12,14,18,24-25,28-29H,6,13,15H2,1H3/t18-,24-,25+/m0/s1. The Balaban J connectivity index is 1.60. The second-order valence-electron chi connectivity index (χ2n) is 7.80. The lowest BCUT2D eigenvalue weighted by molar-refractivity contribution is 0.0886. The Morgan fingerprint density at radius 1 is 1.00 bits per heavy atom. The first-order chi connectivity index (χ1) is 14.5. The van der Waals surface area contributed by atoms with Crippen molar-refractivity contribution in [2.75, 3.05) is 19.0 Å². The van der Waals surface area contributed by atoms with E-state index in [1.807, 2.05) is 12.1 Å². The Bertz CT molecular complexity index is 989. The van der Waals surface area contributed by atoms with E-state index < -0.39 is 0 Å². The van der Waals surface area contributed by atoms with Crippen molar-refractivity contribution in [3.05, 3.63) is 95.1 Å². The zero-order valence-electron chi connectivity index (χ0n) is 16.8. The third kappa shape index (κ3) is 4.31. The first-order valence-corrected chi connectivity index (χ1v) is 10.2. The molecule has 0 saturated carbocycles. The topological polar surface area (TPSA) is 41.5 Å². The molecule has 1 heterocycles. The summed E-state index contributed by atoms with van der Waals surface area (Å²) in [6.45, 7) is 0.754. The van der Waals surface area contributed by atoms with Gasteiger partial charge in [0.1, 0.15) is 17.4 Å². The molecule has 3 nitrogen and oxygen atoms in total. The highest BCUT2D eigenvalue weighted by molar-refractivity contribution is 5.58. The van der Waals surface area contributed by atoms with Crippen LogP contribution in [0.15, 0.2) is 66.7 Å². The maximum absolute atomic E-state index is 14.1. The van der Waals surface area contributed by atoms with Gasteiger partial charge in [0.15, 0.2) is 0 Å². The van der Waals surface area contributed by atoms with Crippen molar-refractivity contribution in [2.24, 2.45) is 5.92 Å². The predicted octanol–water partition coefficient (Wildman–Crippen LogP) is 6.01. The lowest BCUT2D eigenvalue weighted by atomic mass is 9.75. The van der Waals surface area contributed by atoms with Crippen molar-refractivity contribution in [2.45, 2.75) is 24.9 Å². The van der Waals surface area contributed by atoms with Crippen LogP contribution in [0.2, 0.25) is 0 Å². The summed E-state index contributed by atoms with van der Waals surface area (Å²) in [4.78, 5) is 0. The number of hydrogen-bond acceptors (Lipinski definition) is 3. The highest BCUT2D eigenvalue weighted by Gasteiger charge is 2.31. The monoisotopic (exact) mass is 409 g/mol. The Morgan fingerprint density at radius 3 is 2.40 bits per heavy atom. The summed E-state index contributed by atoms with van der Waals surface area (Å²) in [6.07, 6.45) is 1.46. The number of methoxy groups -OCH3 is 1. The molecule has 2 N–H and O–H groups in total. The molecule has 4 rings (SSSR count). The van der Waals surface area contributed by atoms with E-state index in [0.29, 0.717) is 0 Å². The number of nitrogens with one attached hydrogen (secondary N) is 1. The number of phenolic OH excluding ortho intramolecular Hbond substituents is 1. The van der Waals surface area contributed by atoms with Crippen LogP contribution in [0, 0.1) is 17.6 Å². The van der Waals surface area contributed by atoms with Crippen LogP contribution in [0.5, 0.6) is 5.75 Å². The van der Waals surface area contributed by atoms with E-state index in [4.69, 9.17) is 4.74 Å². The van der Waals surface area contributed by atoms with Crippen LogP contribution in [0.3, 0.4) is 0 Å². The Morgan fingerprint density at radius 2 is 1.70 bits per heavy atom. The minimum absolute atomic E-state index is 0.00303. The molecular weight excluding hydrogens is 384 g/mol. The highest BCUT2D eigenvalue weighted by atomic mass is 19.1. The van der Waals surface area contributed by atoms with Gasteiger partial charge in [-0.1, -0.05) is 24.3 Å². The molecule has 0 radical (unpaired) electrons. The van der Waals surface area contributed by atoms with E-state index in [0.717, 1.165) is 41.8 Å². The summed E-state index contributed by atoms with van der Waals surface area (Å²) in [7, 11) is 1.66. The minimum atomic E-state index is -0.267. The number of hydrogen-bond donors (Lipinski definition) is 2. The number of fused-ring (bicyclic) bond motifs is 1. The van der Waals surface area contributed by atoms with Gasteiger partial charge < -0.3 is 15.2 Å². The molecule has 156 valence electrons. The lowest BCUT2D eigenvalue weighted by Crippen LogP contribution is -2.29. The number of ether oxygens (including phenoxy) is 1. The van der Waals surface area contributed by atoms with E-state index in [9.17, 15) is 13.9 Å². The maximum atomic E-state index is 14.1. The largest absolute Gasteiger partial charge is 0.508 e. The van der Waals surface area contributed by atoms with Gasteiger partial charge >= 0.3 is 0 Å². The van der Waals surface area contributed by atoms with Gasteiger partial charge in [0.05, 0.1) is 6.10 Å². The zero-order valence-corrected chi connectivity index (χ0v) is 16.8. The number of benzene rings is 3. The SMILES string of the molecule is CO[C@@H](CC[C@H]1CNc2ccc(F)cc2[C@@H]1c1ccc(O)cc1)c1ccc(F)cc1. The molecule has 3 aromatic carbocycles. The number of aromatic hydroxyl groups is 1. The van der Waals surface area contributed by atoms with Gasteiger partial charge in [0.2, 0.25) is 0 Å². The number of rotatable bonds is 6. The van der Waals surface area contributed by atoms with Gasteiger partial charge in [-0.2, -0.15) is 0 Å². The van der Waals surface area contributed by atoms with Crippen molar-refractivity contribution >= 4 is 5.69 Å². The van der Waals surface area contributed by atoms with Crippen LogP contribution in [-0.4, -0.2) is 18.8 Å². The quantitative estimate of drug-likeness (QED) is 0.524. The number of halogens is 2. The van der Waals surface area contributed by atoms with Crippen LogP contribution >= 0.6 is 0 Å². The molecule has 0 spiro atoms. The molecule has 3 aromatic rings. The highest BCUT2D eigenvalue weighted by Crippen LogP contribution is 2.43. The van der Waals surface area contributed by atoms with Gasteiger partial charge in [0, 0.05) is 25.3 Å². The van der Waals surface area contributed by atoms with E-state index in [2.05, 4.69) is 5.32 Å². The van der Waals surface area contributed by atoms with Crippen LogP contribution < -0.4 is 5.32 Å². The molecule has 1 aliphatic heterocycles. The van der Waals surface area contributed by atoms with E-state index >= 15 is 0 Å². The molecule has 0 amide bonds. The maximum Gasteiger partial charge on any atom is 0.123 e. The van der Waals surface area contributed by atoms with E-state index in [1.54, 1.807) is 43.5 Å². The van der Waals surface area contributed by atoms with Crippen LogP contribution in [0.4, 0.5) is 14.5 Å². The smallest absolute Gasteiger partial charge is 0.123 e. The summed E-state index contributed by atoms with van der Waals surface area (Å²) < 4.78 is 33.0. The molecule has 5 heteroatoms. The zero-order chi connectivity index (χ0) is 21.1. The number of anilines is 1. The third-order valence-corrected chi connectivity index (χ3v) is 5.95. The van der Waals surface area contributed by atoms with Crippen LogP contribution in [-0.2, 0) is 4.74 Å². The molecule has 0 unspecified atom stereocenters. The van der Waals surface area contributed by atoms with Crippen molar-refractivity contribution in [1.29, 1.82) is 0 Å². The molecule has 0 fully saturated rings. The average Bonchev–Trinajstić information content (AvgIpc) is 2.75. The average molecular weight is 409 g/mol. The fourth-order valence-electron chi connectivity index (χ4n) is 4.43. The third-order valence-electron chi connectivity index (χ3n) is 5.95. The van der Waals surface area contributed by atoms with Gasteiger partial charge in [-0.3, -0.25) is 0 Å². The molecule has 1 aliphatic rings. The molecule has 3 atom stereocenters. The number of phenols is 1. The van der Waals surface area contributed by atoms with Crippen molar-refractivity contribution in [3.8, 4) is 5.75 Å². The molecule has 0 aliphatic carbocycles. The van der Waals surface area contributed by atoms with E-state index in [1.165, 1.54) is 18.2 Å². The van der Waals surface area contributed by atoms with Gasteiger partial charge in [-0.25, -0.2) is 8.78 Å². The summed E-state index contributed by atoms with van der Waals surface area (Å²) >= 11 is 0. The second-order valence-corrected chi connectivity index (χ2v) is 7.80. The van der Waals surface area contributed by atoms with Crippen molar-refractivity contribution in [1.82, 2.24) is 0 Å². The lowest BCUT2D eigenvalue weighted by Gasteiger charge is -2.36. The molecule has 0 saturated heterocycles. The van der Waals surface area contributed by atoms with Gasteiger partial charge in [0.25, 0.3) is 0 Å². The Kier molecular flexibility index (Phi) is 6.00. The summed E-state index contributed by atoms with van der Waals surface area (Å²) in [5.74, 6) is -0.109. The second kappa shape index (κ2) is 8.84. The minimum Gasteiger partial charge on any atom is -0.508 e. The molecule has 0 aromatic heterocycles. The Hall–Kier alpha value is -2.92. The fourth-order valence-corrected chi connectivity index (χ4v) is 4.43. The first-order valence-electron chi connectivity index (χ1n) is 10.2. The van der Waals surface area contributed by atoms with Gasteiger partial charge in [-0.05, 0) is 77.9 Å². The van der Waals surface area contributed by atoms with Crippen molar-refractivity contribution in [3.63, 3.8) is 0 Å². The van der Waals surface area contributed by atoms with Crippen LogP contribution in [0.1, 0.15) is 41.6 Å². The van der Waals surface area contributed by atoms with Gasteiger partial charge in [-0.15, -0.1) is 0 Å². The molecular formula is C25H25F2NO2. The van der Waals surface area contributed by atoms with E-state index in [-0.39, 0.29) is 35.3 Å². The molecule has 30 heavy (non-hydrogen) atoms. The Labute approximate surface area is 175 Å². The first kappa shape index (κ1) is 20.4. The summed E-state index contributed by atoms with van der Waals surface area (Å²) in [6, 6.07) is 18.4. The van der Waals surface area contributed by atoms with Crippen molar-refractivity contribution < 1.29 is 18.6 Å². The normalized spacial score (nSPS) is 19.0. The predicted molar refractivity (Wildman–Crippen MR) is 114 cm³/mol. The molecule has 0 bridgehead atoms. The summed E-state index contributed by atoms with van der Waals surface area (Å²) in [5, 5.41) is 13.1. The summed E-state index contributed by atoms with van der Waals surface area (Å²) in [5.41, 5.74) is 3.84. The van der Waals surface area contributed by atoms with Crippen LogP contribution in [0.25, 0.3) is 0 Å².